The third-order valence-corrected chi connectivity index (χ3v) is 6.98. The standard InChI is InChI=1S/C19H22BrN7O7S/c20-10-4-2-1-3-9(10)11(21)5-13(28)26-35(31,32)33-6-12-15(29)16(30)19(34-12)27-8-25-14-17(22)23-7-24-18(14)27/h1-4,7-8,11-12,15-16,19,29-30H,5-6,21H2,(H,26,28)(H2,22,23,24)/t11-,12+,15+,16+,19+/m0/s1. The smallest absolute Gasteiger partial charge is 0.362 e. The highest BCUT2D eigenvalue weighted by molar-refractivity contribution is 9.10. The van der Waals surface area contributed by atoms with Gasteiger partial charge in [-0.15, -0.1) is 0 Å². The Morgan fingerprint density at radius 1 is 1.26 bits per heavy atom. The lowest BCUT2D eigenvalue weighted by Crippen LogP contribution is -2.38. The van der Waals surface area contributed by atoms with Crippen LogP contribution in [0.2, 0.25) is 0 Å². The number of ether oxygens (including phenoxy) is 1. The van der Waals surface area contributed by atoms with Crippen LogP contribution in [0.1, 0.15) is 24.3 Å². The molecule has 0 saturated carbocycles. The van der Waals surface area contributed by atoms with Gasteiger partial charge in [-0.2, -0.15) is 8.42 Å². The Kier molecular flexibility index (Phi) is 7.32. The van der Waals surface area contributed by atoms with E-state index in [9.17, 15) is 23.4 Å². The van der Waals surface area contributed by atoms with Gasteiger partial charge in [-0.25, -0.2) is 19.7 Å². The first-order valence-corrected chi connectivity index (χ1v) is 12.4. The number of aliphatic hydroxyl groups excluding tert-OH is 2. The van der Waals surface area contributed by atoms with Crippen molar-refractivity contribution in [3.05, 3.63) is 47.0 Å². The van der Waals surface area contributed by atoms with Gasteiger partial charge in [0.15, 0.2) is 17.7 Å². The van der Waals surface area contributed by atoms with E-state index in [2.05, 4.69) is 30.9 Å². The Bertz CT molecular complexity index is 1340. The van der Waals surface area contributed by atoms with E-state index >= 15 is 0 Å². The van der Waals surface area contributed by atoms with E-state index in [-0.39, 0.29) is 23.4 Å². The molecule has 4 rings (SSSR count). The van der Waals surface area contributed by atoms with Gasteiger partial charge in [-0.3, -0.25) is 13.5 Å². The third kappa shape index (κ3) is 5.43. The number of imidazole rings is 1. The van der Waals surface area contributed by atoms with E-state index in [1.54, 1.807) is 29.0 Å². The molecule has 0 spiro atoms. The van der Waals surface area contributed by atoms with Gasteiger partial charge in [0, 0.05) is 16.9 Å². The maximum Gasteiger partial charge on any atom is 0.362 e. The van der Waals surface area contributed by atoms with Crippen molar-refractivity contribution in [2.75, 3.05) is 12.3 Å². The van der Waals surface area contributed by atoms with Gasteiger partial charge in [0.2, 0.25) is 5.91 Å². The van der Waals surface area contributed by atoms with Gasteiger partial charge < -0.3 is 26.4 Å². The Morgan fingerprint density at radius 2 is 2.00 bits per heavy atom. The van der Waals surface area contributed by atoms with Crippen LogP contribution < -0.4 is 16.2 Å². The summed E-state index contributed by atoms with van der Waals surface area (Å²) in [7, 11) is -4.55. The molecule has 1 aliphatic rings. The summed E-state index contributed by atoms with van der Waals surface area (Å²) in [5.41, 5.74) is 12.9. The summed E-state index contributed by atoms with van der Waals surface area (Å²) < 4.78 is 38.7. The maximum absolute atomic E-state index is 12.2. The van der Waals surface area contributed by atoms with Crippen molar-refractivity contribution < 1.29 is 32.3 Å². The lowest BCUT2D eigenvalue weighted by atomic mass is 10.0. The summed E-state index contributed by atoms with van der Waals surface area (Å²) in [6.45, 7) is -0.683. The summed E-state index contributed by atoms with van der Waals surface area (Å²) in [5, 5.41) is 20.8. The van der Waals surface area contributed by atoms with Crippen molar-refractivity contribution in [2.45, 2.75) is 37.0 Å². The zero-order valence-electron chi connectivity index (χ0n) is 17.9. The van der Waals surface area contributed by atoms with Crippen molar-refractivity contribution >= 4 is 49.1 Å². The summed E-state index contributed by atoms with van der Waals surface area (Å²) in [6.07, 6.45) is -3.20. The van der Waals surface area contributed by atoms with Crippen LogP contribution in [0.5, 0.6) is 0 Å². The first kappa shape index (κ1) is 25.4. The number of nitrogens with one attached hydrogen (secondary N) is 1. The number of rotatable bonds is 8. The number of carbonyl (C=O) groups is 1. The topological polar surface area (TPSA) is 218 Å². The fraction of sp³-hybridized carbons (Fsp3) is 0.368. The first-order valence-electron chi connectivity index (χ1n) is 10.2. The minimum atomic E-state index is -4.55. The molecule has 1 amide bonds. The summed E-state index contributed by atoms with van der Waals surface area (Å²) >= 11 is 3.33. The molecule has 14 nitrogen and oxygen atoms in total. The van der Waals surface area contributed by atoms with E-state index in [0.717, 1.165) is 0 Å². The molecule has 16 heteroatoms. The molecule has 35 heavy (non-hydrogen) atoms. The van der Waals surface area contributed by atoms with Crippen LogP contribution in [0.4, 0.5) is 5.82 Å². The average Bonchev–Trinajstić information content (AvgIpc) is 3.34. The van der Waals surface area contributed by atoms with Crippen LogP contribution >= 0.6 is 15.9 Å². The van der Waals surface area contributed by atoms with Crippen LogP contribution in [0.25, 0.3) is 11.2 Å². The maximum atomic E-state index is 12.2. The van der Waals surface area contributed by atoms with E-state index in [1.165, 1.54) is 17.2 Å². The molecule has 7 N–H and O–H groups in total. The van der Waals surface area contributed by atoms with Crippen molar-refractivity contribution in [1.82, 2.24) is 24.2 Å². The third-order valence-electron chi connectivity index (χ3n) is 5.33. The molecule has 0 aliphatic carbocycles. The molecule has 0 unspecified atom stereocenters. The molecule has 1 aliphatic heterocycles. The number of fused-ring (bicyclic) bond motifs is 1. The number of nitrogen functional groups attached to an aromatic ring is 1. The molecular formula is C19H22BrN7O7S. The summed E-state index contributed by atoms with van der Waals surface area (Å²) in [4.78, 5) is 24.1. The minimum absolute atomic E-state index is 0.114. The Labute approximate surface area is 207 Å². The van der Waals surface area contributed by atoms with E-state index in [4.69, 9.17) is 20.4 Å². The fourth-order valence-electron chi connectivity index (χ4n) is 3.61. The Balaban J connectivity index is 1.36. The minimum Gasteiger partial charge on any atom is -0.387 e. The number of nitrogens with two attached hydrogens (primary N) is 2. The lowest BCUT2D eigenvalue weighted by molar-refractivity contribution is -0.119. The van der Waals surface area contributed by atoms with Crippen molar-refractivity contribution in [2.24, 2.45) is 5.73 Å². The van der Waals surface area contributed by atoms with Crippen LogP contribution in [-0.4, -0.2) is 69.0 Å². The number of hydrogen-bond donors (Lipinski definition) is 5. The number of carbonyl (C=O) groups excluding carboxylic acids is 1. The highest BCUT2D eigenvalue weighted by atomic mass is 79.9. The fourth-order valence-corrected chi connectivity index (χ4v) is 4.92. The SMILES string of the molecule is Nc1ncnc2c1ncn2[C@@H]1O[C@H](COS(=O)(=O)NC(=O)C[C@H](N)c2ccccc2Br)[C@@H](O)[C@H]1O. The number of amides is 1. The van der Waals surface area contributed by atoms with E-state index in [1.807, 2.05) is 0 Å². The van der Waals surface area contributed by atoms with Gasteiger partial charge >= 0.3 is 10.3 Å². The first-order chi connectivity index (χ1) is 16.6. The average molecular weight is 572 g/mol. The normalized spacial score (nSPS) is 23.4. The number of aliphatic hydroxyl groups is 2. The largest absolute Gasteiger partial charge is 0.387 e. The van der Waals surface area contributed by atoms with Crippen LogP contribution in [0.3, 0.4) is 0 Å². The molecule has 1 saturated heterocycles. The number of aromatic nitrogens is 4. The molecule has 188 valence electrons. The second-order valence-electron chi connectivity index (χ2n) is 7.73. The predicted molar refractivity (Wildman–Crippen MR) is 124 cm³/mol. The van der Waals surface area contributed by atoms with Crippen LogP contribution in [-0.2, 0) is 24.0 Å². The van der Waals surface area contributed by atoms with Crippen molar-refractivity contribution in [3.63, 3.8) is 0 Å². The number of nitrogens with zero attached hydrogens (tertiary/aromatic N) is 4. The summed E-state index contributed by atoms with van der Waals surface area (Å²) in [6, 6.07) is 6.20. The second kappa shape index (κ2) is 10.1. The van der Waals surface area contributed by atoms with Gasteiger partial charge in [-0.1, -0.05) is 34.1 Å². The Hall–Kier alpha value is -2.73. The number of hydrogen-bond acceptors (Lipinski definition) is 12. The van der Waals surface area contributed by atoms with Crippen LogP contribution in [0, 0.1) is 0 Å². The Morgan fingerprint density at radius 3 is 2.74 bits per heavy atom. The van der Waals surface area contributed by atoms with Crippen LogP contribution in [0.15, 0.2) is 41.4 Å². The molecule has 2 aromatic heterocycles. The van der Waals surface area contributed by atoms with Gasteiger partial charge in [-0.05, 0) is 11.6 Å². The van der Waals surface area contributed by atoms with Crippen molar-refractivity contribution in [1.29, 1.82) is 0 Å². The number of benzene rings is 1. The molecule has 0 radical (unpaired) electrons. The number of anilines is 1. The molecule has 1 aromatic carbocycles. The van der Waals surface area contributed by atoms with Gasteiger partial charge in [0.25, 0.3) is 0 Å². The van der Waals surface area contributed by atoms with Gasteiger partial charge in [0.05, 0.1) is 12.9 Å². The number of halogens is 1. The highest BCUT2D eigenvalue weighted by Crippen LogP contribution is 2.32. The summed E-state index contributed by atoms with van der Waals surface area (Å²) in [5.74, 6) is -0.774. The molecular weight excluding hydrogens is 550 g/mol. The quantitative estimate of drug-likeness (QED) is 0.225. The lowest BCUT2D eigenvalue weighted by Gasteiger charge is -2.16. The van der Waals surface area contributed by atoms with Gasteiger partial charge in [0.1, 0.15) is 30.2 Å². The zero-order valence-corrected chi connectivity index (χ0v) is 20.3. The monoisotopic (exact) mass is 571 g/mol. The molecule has 3 aromatic rings. The zero-order chi connectivity index (χ0) is 25.3. The molecule has 3 heterocycles. The highest BCUT2D eigenvalue weighted by Gasteiger charge is 2.45. The molecule has 5 atom stereocenters. The van der Waals surface area contributed by atoms with E-state index in [0.29, 0.717) is 10.0 Å². The molecule has 1 fully saturated rings. The van der Waals surface area contributed by atoms with E-state index < -0.39 is 53.4 Å². The second-order valence-corrected chi connectivity index (χ2v) is 9.93. The molecule has 0 bridgehead atoms. The van der Waals surface area contributed by atoms with Crippen molar-refractivity contribution in [3.8, 4) is 0 Å². The predicted octanol–water partition coefficient (Wildman–Crippen LogP) is -0.742.